The van der Waals surface area contributed by atoms with E-state index in [4.69, 9.17) is 4.99 Å². The van der Waals surface area contributed by atoms with Crippen molar-refractivity contribution in [3.8, 4) is 5.75 Å². The number of carbonyl (C=O) groups is 1. The van der Waals surface area contributed by atoms with Gasteiger partial charge in [0.15, 0.2) is 5.17 Å². The average Bonchev–Trinajstić information content (AvgIpc) is 3.01. The lowest BCUT2D eigenvalue weighted by atomic mass is 10.0. The van der Waals surface area contributed by atoms with Gasteiger partial charge in [-0.2, -0.15) is 0 Å². The van der Waals surface area contributed by atoms with Gasteiger partial charge < -0.3 is 5.11 Å². The molecule has 3 aromatic carbocycles. The minimum Gasteiger partial charge on any atom is -0.507 e. The number of aromatic hydroxyl groups is 1. The van der Waals surface area contributed by atoms with E-state index in [1.165, 1.54) is 17.3 Å². The van der Waals surface area contributed by atoms with Crippen LogP contribution in [0.25, 0.3) is 6.08 Å². The molecule has 4 nitrogen and oxygen atoms in total. The van der Waals surface area contributed by atoms with Crippen molar-refractivity contribution >= 4 is 40.3 Å². The fourth-order valence-electron chi connectivity index (χ4n) is 4.47. The van der Waals surface area contributed by atoms with E-state index in [9.17, 15) is 9.90 Å². The number of nitrogens with zero attached hydrogens (tertiary/aromatic N) is 2. The molecule has 1 aliphatic rings. The van der Waals surface area contributed by atoms with E-state index < -0.39 is 0 Å². The van der Waals surface area contributed by atoms with Crippen LogP contribution in [0.3, 0.4) is 0 Å². The molecule has 0 saturated carbocycles. The first-order valence-corrected chi connectivity index (χ1v) is 11.7. The normalized spacial score (nSPS) is 16.3. The summed E-state index contributed by atoms with van der Waals surface area (Å²) in [5.41, 5.74) is 8.88. The number of phenolic OH excluding ortho intramolecular Hbond substituents is 1. The molecule has 0 atom stereocenters. The number of hydrogen-bond acceptors (Lipinski definition) is 4. The highest BCUT2D eigenvalue weighted by Crippen LogP contribution is 2.41. The molecular weight excluding hydrogens is 428 g/mol. The fourth-order valence-corrected chi connectivity index (χ4v) is 5.43. The molecule has 3 aromatic rings. The second-order valence-electron chi connectivity index (χ2n) is 8.70. The number of amides is 1. The number of rotatable bonds is 3. The third kappa shape index (κ3) is 4.46. The van der Waals surface area contributed by atoms with Crippen LogP contribution in [0.5, 0.6) is 5.75 Å². The summed E-state index contributed by atoms with van der Waals surface area (Å²) in [5.74, 6) is 0.00253. The standard InChI is InChI=1S/C28H28N2O2S/c1-16-11-18(3)25(19(4)12-16)29-28-30(26-20(5)13-17(2)14-21(26)6)27(32)24(33-28)15-22-9-7-8-10-23(22)31/h7-15,31H,1-6H3/b24-15+,29-28?. The lowest BCUT2D eigenvalue weighted by Gasteiger charge is -2.21. The summed E-state index contributed by atoms with van der Waals surface area (Å²) in [5, 5.41) is 10.9. The Balaban J connectivity index is 1.91. The molecule has 1 N–H and O–H groups in total. The maximum atomic E-state index is 13.7. The van der Waals surface area contributed by atoms with Crippen molar-refractivity contribution in [2.75, 3.05) is 4.90 Å². The van der Waals surface area contributed by atoms with Crippen LogP contribution >= 0.6 is 11.8 Å². The van der Waals surface area contributed by atoms with Gasteiger partial charge in [0, 0.05) is 5.56 Å². The molecule has 168 valence electrons. The lowest BCUT2D eigenvalue weighted by molar-refractivity contribution is -0.113. The highest BCUT2D eigenvalue weighted by atomic mass is 32.2. The van der Waals surface area contributed by atoms with Crippen molar-refractivity contribution in [2.45, 2.75) is 41.5 Å². The number of phenols is 1. The second-order valence-corrected chi connectivity index (χ2v) is 9.71. The van der Waals surface area contributed by atoms with Crippen LogP contribution in [0.1, 0.15) is 38.9 Å². The Kier molecular flexibility index (Phi) is 6.17. The number of anilines is 1. The molecule has 4 rings (SSSR count). The molecule has 0 radical (unpaired) electrons. The van der Waals surface area contributed by atoms with Crippen LogP contribution in [0, 0.1) is 41.5 Å². The van der Waals surface area contributed by atoms with Crippen LogP contribution < -0.4 is 4.90 Å². The number of thioether (sulfide) groups is 1. The minimum absolute atomic E-state index is 0.139. The third-order valence-corrected chi connectivity index (χ3v) is 6.70. The number of amidine groups is 1. The molecule has 5 heteroatoms. The molecule has 33 heavy (non-hydrogen) atoms. The van der Waals surface area contributed by atoms with Crippen LogP contribution in [-0.2, 0) is 4.79 Å². The summed E-state index contributed by atoms with van der Waals surface area (Å²) in [6.07, 6.45) is 1.74. The molecular formula is C28H28N2O2S. The van der Waals surface area contributed by atoms with Gasteiger partial charge in [0.1, 0.15) is 5.75 Å². The number of aliphatic imine (C=N–C) groups is 1. The smallest absolute Gasteiger partial charge is 0.271 e. The average molecular weight is 457 g/mol. The quantitative estimate of drug-likeness (QED) is 0.430. The number of hydrogen-bond donors (Lipinski definition) is 1. The van der Waals surface area contributed by atoms with E-state index in [0.29, 0.717) is 15.6 Å². The van der Waals surface area contributed by atoms with E-state index in [0.717, 1.165) is 39.2 Å². The lowest BCUT2D eigenvalue weighted by Crippen LogP contribution is -2.30. The SMILES string of the molecule is Cc1cc(C)c(N=C2S/C(=C/c3ccccc3O)C(=O)N2c2c(C)cc(C)cc2C)c(C)c1. The summed E-state index contributed by atoms with van der Waals surface area (Å²) in [6.45, 7) is 12.3. The number of aryl methyl sites for hydroxylation is 6. The molecule has 1 saturated heterocycles. The first kappa shape index (κ1) is 22.9. The van der Waals surface area contributed by atoms with Crippen molar-refractivity contribution in [2.24, 2.45) is 4.99 Å². The number of para-hydroxylation sites is 1. The first-order chi connectivity index (χ1) is 15.7. The molecule has 0 aromatic heterocycles. The molecule has 0 spiro atoms. The maximum absolute atomic E-state index is 13.7. The van der Waals surface area contributed by atoms with Gasteiger partial charge in [0.2, 0.25) is 0 Å². The Morgan fingerprint density at radius 2 is 1.39 bits per heavy atom. The summed E-state index contributed by atoms with van der Waals surface area (Å²) in [4.78, 5) is 21.0. The Morgan fingerprint density at radius 1 is 0.848 bits per heavy atom. The molecule has 1 amide bonds. The van der Waals surface area contributed by atoms with Gasteiger partial charge in [-0.25, -0.2) is 4.99 Å². The molecule has 1 aliphatic heterocycles. The van der Waals surface area contributed by atoms with Gasteiger partial charge in [0.05, 0.1) is 16.3 Å². The minimum atomic E-state index is -0.139. The Bertz CT molecular complexity index is 1290. The zero-order valence-electron chi connectivity index (χ0n) is 19.9. The molecule has 0 unspecified atom stereocenters. The predicted octanol–water partition coefficient (Wildman–Crippen LogP) is 7.05. The van der Waals surface area contributed by atoms with Crippen molar-refractivity contribution in [1.82, 2.24) is 0 Å². The van der Waals surface area contributed by atoms with Crippen molar-refractivity contribution in [3.05, 3.63) is 92.4 Å². The summed E-state index contributed by atoms with van der Waals surface area (Å²) >= 11 is 1.34. The second kappa shape index (κ2) is 8.91. The molecule has 1 fully saturated rings. The summed E-state index contributed by atoms with van der Waals surface area (Å²) in [7, 11) is 0. The van der Waals surface area contributed by atoms with Crippen molar-refractivity contribution in [1.29, 1.82) is 0 Å². The van der Waals surface area contributed by atoms with E-state index in [1.54, 1.807) is 29.2 Å². The number of carbonyl (C=O) groups excluding carboxylic acids is 1. The van der Waals surface area contributed by atoms with Crippen molar-refractivity contribution in [3.63, 3.8) is 0 Å². The van der Waals surface area contributed by atoms with E-state index in [-0.39, 0.29) is 11.7 Å². The monoisotopic (exact) mass is 456 g/mol. The maximum Gasteiger partial charge on any atom is 0.271 e. The molecule has 0 bridgehead atoms. The van der Waals surface area contributed by atoms with Crippen LogP contribution in [0.2, 0.25) is 0 Å². The highest BCUT2D eigenvalue weighted by Gasteiger charge is 2.36. The third-order valence-electron chi connectivity index (χ3n) is 5.73. The van der Waals surface area contributed by atoms with E-state index in [2.05, 4.69) is 38.1 Å². The zero-order chi connectivity index (χ0) is 23.9. The first-order valence-electron chi connectivity index (χ1n) is 10.9. The van der Waals surface area contributed by atoms with Gasteiger partial charge in [-0.05, 0) is 87.7 Å². The number of benzene rings is 3. The molecule has 1 heterocycles. The van der Waals surface area contributed by atoms with Crippen LogP contribution in [-0.4, -0.2) is 16.2 Å². The highest BCUT2D eigenvalue weighted by molar-refractivity contribution is 8.19. The van der Waals surface area contributed by atoms with Gasteiger partial charge in [0.25, 0.3) is 5.91 Å². The van der Waals surface area contributed by atoms with Gasteiger partial charge >= 0.3 is 0 Å². The topological polar surface area (TPSA) is 52.9 Å². The zero-order valence-corrected chi connectivity index (χ0v) is 20.7. The van der Waals surface area contributed by atoms with Crippen LogP contribution in [0.4, 0.5) is 11.4 Å². The van der Waals surface area contributed by atoms with Crippen LogP contribution in [0.15, 0.2) is 58.4 Å². The molecule has 0 aliphatic carbocycles. The van der Waals surface area contributed by atoms with Gasteiger partial charge in [-0.3, -0.25) is 9.69 Å². The Hall–Kier alpha value is -3.31. The Morgan fingerprint density at radius 3 is 1.97 bits per heavy atom. The largest absolute Gasteiger partial charge is 0.507 e. The van der Waals surface area contributed by atoms with E-state index in [1.807, 2.05) is 33.8 Å². The van der Waals surface area contributed by atoms with Gasteiger partial charge in [-0.15, -0.1) is 0 Å². The van der Waals surface area contributed by atoms with E-state index >= 15 is 0 Å². The summed E-state index contributed by atoms with van der Waals surface area (Å²) in [6, 6.07) is 15.4. The van der Waals surface area contributed by atoms with Gasteiger partial charge in [-0.1, -0.05) is 53.6 Å². The summed E-state index contributed by atoms with van der Waals surface area (Å²) < 4.78 is 0. The van der Waals surface area contributed by atoms with Crippen molar-refractivity contribution < 1.29 is 9.90 Å². The Labute approximate surface area is 199 Å². The predicted molar refractivity (Wildman–Crippen MR) is 140 cm³/mol. The fraction of sp³-hybridized carbons (Fsp3) is 0.214.